The molecule has 1 aromatic rings. The lowest BCUT2D eigenvalue weighted by molar-refractivity contribution is -0.121. The Morgan fingerprint density at radius 3 is 2.95 bits per heavy atom. The Kier molecular flexibility index (Phi) is 5.16. The molecule has 0 saturated heterocycles. The zero-order valence-corrected chi connectivity index (χ0v) is 12.1. The molecule has 2 rings (SSSR count). The van der Waals surface area contributed by atoms with Crippen molar-refractivity contribution in [3.05, 3.63) is 29.3 Å². The fourth-order valence-corrected chi connectivity index (χ4v) is 2.66. The number of urea groups is 1. The number of primary amides is 1. The van der Waals surface area contributed by atoms with E-state index in [1.54, 1.807) is 0 Å². The van der Waals surface area contributed by atoms with Crippen LogP contribution in [0.15, 0.2) is 18.2 Å². The standard InChI is InChI=1S/C15H21N3O3/c1-2-17-13-5-3-4-10-8-11(6-7-12(10)13)21-9-14(19)18-15(16)20/h6-8,13,17H,2-5,9H2,1H3,(H3,16,18,19,20). The van der Waals surface area contributed by atoms with E-state index in [9.17, 15) is 9.59 Å². The lowest BCUT2D eigenvalue weighted by atomic mass is 9.87. The van der Waals surface area contributed by atoms with Crippen LogP contribution in [0.2, 0.25) is 0 Å². The second-order valence-electron chi connectivity index (χ2n) is 5.06. The number of carbonyl (C=O) groups excluding carboxylic acids is 2. The molecule has 6 heteroatoms. The van der Waals surface area contributed by atoms with Gasteiger partial charge in [-0.05, 0) is 49.1 Å². The number of nitrogens with two attached hydrogens (primary N) is 1. The lowest BCUT2D eigenvalue weighted by Crippen LogP contribution is -2.38. The summed E-state index contributed by atoms with van der Waals surface area (Å²) in [4.78, 5) is 21.8. The lowest BCUT2D eigenvalue weighted by Gasteiger charge is -2.26. The maximum atomic E-state index is 11.3. The van der Waals surface area contributed by atoms with Gasteiger partial charge in [-0.1, -0.05) is 13.0 Å². The molecule has 1 aliphatic carbocycles. The molecule has 1 aliphatic rings. The summed E-state index contributed by atoms with van der Waals surface area (Å²) in [6.45, 7) is 2.82. The Bertz CT molecular complexity index is 531. The highest BCUT2D eigenvalue weighted by Gasteiger charge is 2.19. The molecule has 6 nitrogen and oxygen atoms in total. The van der Waals surface area contributed by atoms with Crippen molar-refractivity contribution < 1.29 is 14.3 Å². The summed E-state index contributed by atoms with van der Waals surface area (Å²) in [5.74, 6) is 0.0799. The van der Waals surface area contributed by atoms with Crippen molar-refractivity contribution in [2.24, 2.45) is 5.73 Å². The van der Waals surface area contributed by atoms with Crippen LogP contribution in [0.5, 0.6) is 5.75 Å². The van der Waals surface area contributed by atoms with Crippen molar-refractivity contribution >= 4 is 11.9 Å². The molecule has 0 fully saturated rings. The number of aryl methyl sites for hydroxylation is 1. The van der Waals surface area contributed by atoms with Gasteiger partial charge in [-0.3, -0.25) is 10.1 Å². The number of ether oxygens (including phenoxy) is 1. The molecule has 4 N–H and O–H groups in total. The Labute approximate surface area is 124 Å². The van der Waals surface area contributed by atoms with E-state index in [0.29, 0.717) is 11.8 Å². The van der Waals surface area contributed by atoms with Gasteiger partial charge in [-0.2, -0.15) is 0 Å². The topological polar surface area (TPSA) is 93.4 Å². The molecule has 1 aromatic carbocycles. The second kappa shape index (κ2) is 7.08. The Balaban J connectivity index is 2.00. The minimum Gasteiger partial charge on any atom is -0.484 e. The van der Waals surface area contributed by atoms with Crippen LogP contribution in [0.25, 0.3) is 0 Å². The summed E-state index contributed by atoms with van der Waals surface area (Å²) in [7, 11) is 0. The number of hydrogen-bond donors (Lipinski definition) is 3. The van der Waals surface area contributed by atoms with Gasteiger partial charge >= 0.3 is 6.03 Å². The van der Waals surface area contributed by atoms with Gasteiger partial charge in [0, 0.05) is 6.04 Å². The molecule has 1 unspecified atom stereocenters. The first-order valence-corrected chi connectivity index (χ1v) is 7.18. The number of rotatable bonds is 5. The fourth-order valence-electron chi connectivity index (χ4n) is 2.66. The van der Waals surface area contributed by atoms with Crippen LogP contribution in [0, 0.1) is 0 Å². The van der Waals surface area contributed by atoms with Gasteiger partial charge in [-0.15, -0.1) is 0 Å². The van der Waals surface area contributed by atoms with Crippen molar-refractivity contribution in [1.29, 1.82) is 0 Å². The first-order chi connectivity index (χ1) is 10.1. The predicted octanol–water partition coefficient (Wildman–Crippen LogP) is 1.25. The van der Waals surface area contributed by atoms with E-state index in [4.69, 9.17) is 10.5 Å². The van der Waals surface area contributed by atoms with Crippen molar-refractivity contribution in [2.45, 2.75) is 32.2 Å². The summed E-state index contributed by atoms with van der Waals surface area (Å²) < 4.78 is 5.39. The van der Waals surface area contributed by atoms with E-state index < -0.39 is 11.9 Å². The molecule has 0 bridgehead atoms. The largest absolute Gasteiger partial charge is 0.484 e. The third-order valence-electron chi connectivity index (χ3n) is 3.51. The molecule has 0 saturated carbocycles. The summed E-state index contributed by atoms with van der Waals surface area (Å²) >= 11 is 0. The van der Waals surface area contributed by atoms with E-state index in [-0.39, 0.29) is 6.61 Å². The average Bonchev–Trinajstić information content (AvgIpc) is 2.45. The van der Waals surface area contributed by atoms with Crippen molar-refractivity contribution in [3.63, 3.8) is 0 Å². The minimum atomic E-state index is -0.873. The highest BCUT2D eigenvalue weighted by atomic mass is 16.5. The van der Waals surface area contributed by atoms with Crippen LogP contribution < -0.4 is 21.1 Å². The number of imide groups is 1. The predicted molar refractivity (Wildman–Crippen MR) is 79.0 cm³/mol. The first kappa shape index (κ1) is 15.3. The van der Waals surface area contributed by atoms with Gasteiger partial charge in [0.1, 0.15) is 5.75 Å². The maximum absolute atomic E-state index is 11.3. The Morgan fingerprint density at radius 1 is 1.43 bits per heavy atom. The summed E-state index contributed by atoms with van der Waals surface area (Å²) in [6, 6.07) is 5.39. The molecule has 0 radical (unpaired) electrons. The van der Waals surface area contributed by atoms with E-state index in [1.165, 1.54) is 11.1 Å². The van der Waals surface area contributed by atoms with Gasteiger partial charge in [0.15, 0.2) is 6.61 Å². The fraction of sp³-hybridized carbons (Fsp3) is 0.467. The Morgan fingerprint density at radius 2 is 2.24 bits per heavy atom. The third kappa shape index (κ3) is 4.19. The second-order valence-corrected chi connectivity index (χ2v) is 5.06. The van der Waals surface area contributed by atoms with E-state index in [0.717, 1.165) is 25.8 Å². The van der Waals surface area contributed by atoms with Gasteiger partial charge in [-0.25, -0.2) is 4.79 Å². The molecule has 21 heavy (non-hydrogen) atoms. The third-order valence-corrected chi connectivity index (χ3v) is 3.51. The number of nitrogens with one attached hydrogen (secondary N) is 2. The van der Waals surface area contributed by atoms with E-state index in [2.05, 4.69) is 12.2 Å². The Hall–Kier alpha value is -2.08. The molecule has 114 valence electrons. The van der Waals surface area contributed by atoms with E-state index >= 15 is 0 Å². The molecule has 0 aliphatic heterocycles. The first-order valence-electron chi connectivity index (χ1n) is 7.18. The van der Waals surface area contributed by atoms with Crippen LogP contribution >= 0.6 is 0 Å². The molecular formula is C15H21N3O3. The van der Waals surface area contributed by atoms with Crippen LogP contribution in [0.1, 0.15) is 36.9 Å². The zero-order chi connectivity index (χ0) is 15.2. The number of amides is 3. The van der Waals surface area contributed by atoms with Crippen molar-refractivity contribution in [2.75, 3.05) is 13.2 Å². The average molecular weight is 291 g/mol. The molecule has 0 heterocycles. The number of hydrogen-bond acceptors (Lipinski definition) is 4. The van der Waals surface area contributed by atoms with E-state index in [1.807, 2.05) is 23.5 Å². The highest BCUT2D eigenvalue weighted by molar-refractivity contribution is 5.94. The summed E-state index contributed by atoms with van der Waals surface area (Å²) in [5.41, 5.74) is 7.42. The zero-order valence-electron chi connectivity index (χ0n) is 12.1. The van der Waals surface area contributed by atoms with Gasteiger partial charge in [0.05, 0.1) is 0 Å². The molecule has 0 aromatic heterocycles. The van der Waals surface area contributed by atoms with Gasteiger partial charge in [0.2, 0.25) is 0 Å². The monoisotopic (exact) mass is 291 g/mol. The molecule has 3 amide bonds. The molecule has 0 spiro atoms. The van der Waals surface area contributed by atoms with Gasteiger partial charge in [0.25, 0.3) is 5.91 Å². The van der Waals surface area contributed by atoms with Gasteiger partial charge < -0.3 is 15.8 Å². The summed E-state index contributed by atoms with van der Waals surface area (Å²) in [5, 5.41) is 5.44. The summed E-state index contributed by atoms with van der Waals surface area (Å²) in [6.07, 6.45) is 3.29. The van der Waals surface area contributed by atoms with Crippen LogP contribution in [-0.4, -0.2) is 25.1 Å². The number of fused-ring (bicyclic) bond motifs is 1. The maximum Gasteiger partial charge on any atom is 0.318 e. The van der Waals surface area contributed by atoms with Crippen LogP contribution in [0.4, 0.5) is 4.79 Å². The van der Waals surface area contributed by atoms with Crippen LogP contribution in [-0.2, 0) is 11.2 Å². The van der Waals surface area contributed by atoms with Crippen molar-refractivity contribution in [1.82, 2.24) is 10.6 Å². The number of carbonyl (C=O) groups is 2. The molecular weight excluding hydrogens is 270 g/mol. The van der Waals surface area contributed by atoms with Crippen LogP contribution in [0.3, 0.4) is 0 Å². The SMILES string of the molecule is CCNC1CCCc2cc(OCC(=O)NC(N)=O)ccc21. The van der Waals surface area contributed by atoms with Crippen molar-refractivity contribution in [3.8, 4) is 5.75 Å². The normalized spacial score (nSPS) is 16.9. The smallest absolute Gasteiger partial charge is 0.318 e. The molecule has 1 atom stereocenters. The quantitative estimate of drug-likeness (QED) is 0.761. The highest BCUT2D eigenvalue weighted by Crippen LogP contribution is 2.32. The minimum absolute atomic E-state index is 0.224. The number of benzene rings is 1.